The summed E-state index contributed by atoms with van der Waals surface area (Å²) >= 11 is 0. The Morgan fingerprint density at radius 1 is 1.50 bits per heavy atom. The van der Waals surface area contributed by atoms with Gasteiger partial charge in [0.25, 0.3) is 0 Å². The van der Waals surface area contributed by atoms with E-state index < -0.39 is 0 Å². The highest BCUT2D eigenvalue weighted by molar-refractivity contribution is 6.33. The fraction of sp³-hybridized carbons (Fsp3) is 0.125. The Bertz CT molecular complexity index is 292. The van der Waals surface area contributed by atoms with Gasteiger partial charge in [-0.1, -0.05) is 11.5 Å². The number of carbonyl (C=O) groups excluding carboxylic acids is 1. The Kier molecular flexibility index (Phi) is 2.38. The van der Waals surface area contributed by atoms with E-state index in [0.29, 0.717) is 11.3 Å². The van der Waals surface area contributed by atoms with Gasteiger partial charge in [-0.05, 0) is 12.1 Å². The van der Waals surface area contributed by atoms with Crippen LogP contribution in [0.2, 0.25) is 0 Å². The molecule has 0 fully saturated rings. The first-order chi connectivity index (χ1) is 5.63. The summed E-state index contributed by atoms with van der Waals surface area (Å²) in [7, 11) is 3.23. The third-order valence-electron chi connectivity index (χ3n) is 1.52. The summed E-state index contributed by atoms with van der Waals surface area (Å²) in [4.78, 5) is 11.0. The van der Waals surface area contributed by atoms with Gasteiger partial charge in [0, 0.05) is 5.69 Å². The normalized spacial score (nSPS) is 9.42. The van der Waals surface area contributed by atoms with E-state index in [4.69, 9.17) is 5.73 Å². The van der Waals surface area contributed by atoms with Crippen molar-refractivity contribution in [2.45, 2.75) is 0 Å². The number of ether oxygens (including phenoxy) is 1. The van der Waals surface area contributed by atoms with Crippen LogP contribution in [-0.4, -0.2) is 20.9 Å². The van der Waals surface area contributed by atoms with Gasteiger partial charge in [-0.15, -0.1) is 0 Å². The molecule has 1 aromatic carbocycles. The summed E-state index contributed by atoms with van der Waals surface area (Å²) in [6, 6.07) is 5.13. The molecule has 0 atom stereocenters. The molecule has 0 unspecified atom stereocenters. The zero-order chi connectivity index (χ0) is 9.14. The van der Waals surface area contributed by atoms with Crippen molar-refractivity contribution in [3.8, 4) is 0 Å². The molecule has 0 heterocycles. The molecule has 0 radical (unpaired) electrons. The molecule has 3 nitrogen and oxygen atoms in total. The molecule has 62 valence electrons. The SMILES string of the molecule is Bc1cc(N)cc(C(=O)OC)c1. The summed E-state index contributed by atoms with van der Waals surface area (Å²) in [5.74, 6) is -0.356. The van der Waals surface area contributed by atoms with Gasteiger partial charge >= 0.3 is 5.97 Å². The third kappa shape index (κ3) is 1.78. The molecule has 0 saturated carbocycles. The molecule has 4 heteroatoms. The van der Waals surface area contributed by atoms with Crippen molar-refractivity contribution in [1.29, 1.82) is 0 Å². The second-order valence-corrected chi connectivity index (χ2v) is 2.62. The zero-order valence-electron chi connectivity index (χ0n) is 7.13. The molecule has 2 N–H and O–H groups in total. The molecule has 12 heavy (non-hydrogen) atoms. The number of esters is 1. The van der Waals surface area contributed by atoms with Crippen molar-refractivity contribution in [2.75, 3.05) is 12.8 Å². The molecular formula is C8H10BNO2. The topological polar surface area (TPSA) is 52.3 Å². The van der Waals surface area contributed by atoms with Crippen molar-refractivity contribution in [3.63, 3.8) is 0 Å². The van der Waals surface area contributed by atoms with Crippen molar-refractivity contribution < 1.29 is 9.53 Å². The Labute approximate surface area is 71.9 Å². The summed E-state index contributed by atoms with van der Waals surface area (Å²) in [6.45, 7) is 0. The van der Waals surface area contributed by atoms with Crippen LogP contribution in [0.4, 0.5) is 5.69 Å². The molecule has 0 bridgehead atoms. The predicted octanol–water partition coefficient (Wildman–Crippen LogP) is -0.686. The van der Waals surface area contributed by atoms with Crippen LogP contribution >= 0.6 is 0 Å². The highest BCUT2D eigenvalue weighted by Crippen LogP contribution is 2.05. The van der Waals surface area contributed by atoms with Gasteiger partial charge in [-0.2, -0.15) is 0 Å². The third-order valence-corrected chi connectivity index (χ3v) is 1.52. The number of hydrogen-bond donors (Lipinski definition) is 1. The molecule has 0 amide bonds. The molecule has 0 aromatic heterocycles. The van der Waals surface area contributed by atoms with Crippen LogP contribution < -0.4 is 11.2 Å². The number of anilines is 1. The Morgan fingerprint density at radius 2 is 2.17 bits per heavy atom. The Hall–Kier alpha value is -1.45. The first-order valence-electron chi connectivity index (χ1n) is 3.59. The Balaban J connectivity index is 3.08. The highest BCUT2D eigenvalue weighted by atomic mass is 16.5. The molecule has 0 aliphatic rings. The van der Waals surface area contributed by atoms with Crippen LogP contribution in [0.1, 0.15) is 10.4 Å². The molecule has 0 spiro atoms. The lowest BCUT2D eigenvalue weighted by molar-refractivity contribution is 0.0601. The maximum Gasteiger partial charge on any atom is 0.337 e. The van der Waals surface area contributed by atoms with E-state index in [1.165, 1.54) is 7.11 Å². The van der Waals surface area contributed by atoms with Crippen LogP contribution in [0.25, 0.3) is 0 Å². The maximum absolute atomic E-state index is 11.0. The predicted molar refractivity (Wildman–Crippen MR) is 50.4 cm³/mol. The number of nitrogen functional groups attached to an aromatic ring is 1. The van der Waals surface area contributed by atoms with Crippen molar-refractivity contribution in [1.82, 2.24) is 0 Å². The van der Waals surface area contributed by atoms with Gasteiger partial charge in [0.05, 0.1) is 12.7 Å². The monoisotopic (exact) mass is 163 g/mol. The van der Waals surface area contributed by atoms with Gasteiger partial charge < -0.3 is 10.5 Å². The quantitative estimate of drug-likeness (QED) is 0.338. The van der Waals surface area contributed by atoms with Crippen molar-refractivity contribution in [3.05, 3.63) is 23.8 Å². The van der Waals surface area contributed by atoms with Crippen molar-refractivity contribution in [2.24, 2.45) is 0 Å². The summed E-state index contributed by atoms with van der Waals surface area (Å²) in [5, 5.41) is 0. The Morgan fingerprint density at radius 3 is 2.67 bits per heavy atom. The molecule has 1 aromatic rings. The second kappa shape index (κ2) is 3.30. The zero-order valence-corrected chi connectivity index (χ0v) is 7.13. The number of benzene rings is 1. The minimum absolute atomic E-state index is 0.356. The molecule has 0 aliphatic heterocycles. The lowest BCUT2D eigenvalue weighted by atomic mass is 9.94. The summed E-state index contributed by atoms with van der Waals surface area (Å²) < 4.78 is 4.55. The summed E-state index contributed by atoms with van der Waals surface area (Å²) in [5.41, 5.74) is 7.57. The van der Waals surface area contributed by atoms with Crippen molar-refractivity contribution >= 4 is 25.0 Å². The van der Waals surface area contributed by atoms with Crippen LogP contribution in [0.15, 0.2) is 18.2 Å². The maximum atomic E-state index is 11.0. The van der Waals surface area contributed by atoms with E-state index in [2.05, 4.69) is 4.74 Å². The largest absolute Gasteiger partial charge is 0.465 e. The average molecular weight is 163 g/mol. The minimum Gasteiger partial charge on any atom is -0.465 e. The molecule has 0 saturated heterocycles. The number of rotatable bonds is 1. The van der Waals surface area contributed by atoms with Gasteiger partial charge in [0.1, 0.15) is 7.85 Å². The van der Waals surface area contributed by atoms with E-state index in [-0.39, 0.29) is 5.97 Å². The number of nitrogens with two attached hydrogens (primary N) is 1. The van der Waals surface area contributed by atoms with Crippen LogP contribution in [0.5, 0.6) is 0 Å². The second-order valence-electron chi connectivity index (χ2n) is 2.62. The summed E-state index contributed by atoms with van der Waals surface area (Å²) in [6.07, 6.45) is 0. The first kappa shape index (κ1) is 8.65. The lowest BCUT2D eigenvalue weighted by Crippen LogP contribution is -2.10. The van der Waals surface area contributed by atoms with Gasteiger partial charge in [0.2, 0.25) is 0 Å². The van der Waals surface area contributed by atoms with Gasteiger partial charge in [0.15, 0.2) is 0 Å². The van der Waals surface area contributed by atoms with Gasteiger partial charge in [-0.25, -0.2) is 4.79 Å². The first-order valence-corrected chi connectivity index (χ1v) is 3.59. The standard InChI is InChI=1S/C8H10BNO2/c1-12-8(11)5-2-6(9)4-7(10)3-5/h2-4H,9-10H2,1H3. The molecule has 1 rings (SSSR count). The lowest BCUT2D eigenvalue weighted by Gasteiger charge is -2.01. The number of hydrogen-bond acceptors (Lipinski definition) is 3. The van der Waals surface area contributed by atoms with E-state index in [9.17, 15) is 4.79 Å². The van der Waals surface area contributed by atoms with E-state index in [0.717, 1.165) is 5.46 Å². The van der Waals surface area contributed by atoms with E-state index in [1.54, 1.807) is 18.2 Å². The smallest absolute Gasteiger partial charge is 0.337 e. The minimum atomic E-state index is -0.356. The average Bonchev–Trinajstić information content (AvgIpc) is 2.01. The van der Waals surface area contributed by atoms with Crippen LogP contribution in [0.3, 0.4) is 0 Å². The van der Waals surface area contributed by atoms with Crippen LogP contribution in [0, 0.1) is 0 Å². The fourth-order valence-electron chi connectivity index (χ4n) is 1.05. The fourth-order valence-corrected chi connectivity index (χ4v) is 1.05. The number of methoxy groups -OCH3 is 1. The van der Waals surface area contributed by atoms with Gasteiger partial charge in [-0.3, -0.25) is 0 Å². The van der Waals surface area contributed by atoms with E-state index >= 15 is 0 Å². The highest BCUT2D eigenvalue weighted by Gasteiger charge is 2.05. The molecular weight excluding hydrogens is 153 g/mol. The van der Waals surface area contributed by atoms with Crippen LogP contribution in [-0.2, 0) is 4.74 Å². The number of carbonyl (C=O) groups is 1. The molecule has 0 aliphatic carbocycles. The van der Waals surface area contributed by atoms with E-state index in [1.807, 2.05) is 7.85 Å².